The van der Waals surface area contributed by atoms with Crippen molar-refractivity contribution < 1.29 is 33.3 Å². The van der Waals surface area contributed by atoms with Crippen molar-refractivity contribution in [3.8, 4) is 28.7 Å². The van der Waals surface area contributed by atoms with Crippen LogP contribution in [0.3, 0.4) is 0 Å². The van der Waals surface area contributed by atoms with Crippen molar-refractivity contribution in [3.63, 3.8) is 0 Å². The van der Waals surface area contributed by atoms with Crippen LogP contribution in [-0.2, 0) is 0 Å². The van der Waals surface area contributed by atoms with Gasteiger partial charge in [-0.3, -0.25) is 20.4 Å². The quantitative estimate of drug-likeness (QED) is 0.490. The monoisotopic (exact) mass is 430 g/mol. The first-order valence-corrected chi connectivity index (χ1v) is 9.96. The Labute approximate surface area is 180 Å². The van der Waals surface area contributed by atoms with Gasteiger partial charge in [-0.2, -0.15) is 0 Å². The minimum absolute atomic E-state index is 0.249. The van der Waals surface area contributed by atoms with E-state index in [4.69, 9.17) is 23.7 Å². The average Bonchev–Trinajstić information content (AvgIpc) is 2.81. The van der Waals surface area contributed by atoms with Crippen molar-refractivity contribution in [2.45, 2.75) is 19.8 Å². The number of hydrogen-bond acceptors (Lipinski definition) is 7. The minimum atomic E-state index is -0.532. The zero-order valence-corrected chi connectivity index (χ0v) is 17.8. The highest BCUT2D eigenvalue weighted by molar-refractivity contribution is 6.00. The number of carbonyl (C=O) groups is 2. The van der Waals surface area contributed by atoms with Crippen molar-refractivity contribution in [1.82, 2.24) is 10.9 Å². The summed E-state index contributed by atoms with van der Waals surface area (Å²) in [5, 5.41) is 0. The number of ether oxygens (including phenoxy) is 5. The highest BCUT2D eigenvalue weighted by atomic mass is 16.6. The molecule has 2 N–H and O–H groups in total. The van der Waals surface area contributed by atoms with Crippen LogP contribution >= 0.6 is 0 Å². The topological polar surface area (TPSA) is 104 Å². The molecule has 0 saturated heterocycles. The van der Waals surface area contributed by atoms with Gasteiger partial charge in [0.25, 0.3) is 11.8 Å². The van der Waals surface area contributed by atoms with E-state index < -0.39 is 11.8 Å². The molecule has 0 atom stereocenters. The third-order valence-electron chi connectivity index (χ3n) is 4.56. The summed E-state index contributed by atoms with van der Waals surface area (Å²) < 4.78 is 27.3. The number of benzene rings is 2. The van der Waals surface area contributed by atoms with Crippen molar-refractivity contribution in [2.24, 2.45) is 0 Å². The fourth-order valence-electron chi connectivity index (χ4n) is 2.92. The number of hydrazine groups is 1. The number of nitrogens with one attached hydrogen (secondary N) is 2. The van der Waals surface area contributed by atoms with Gasteiger partial charge < -0.3 is 23.7 Å². The molecule has 9 heteroatoms. The van der Waals surface area contributed by atoms with Crippen LogP contribution in [-0.4, -0.2) is 45.9 Å². The van der Waals surface area contributed by atoms with E-state index in [-0.39, 0.29) is 5.56 Å². The zero-order valence-electron chi connectivity index (χ0n) is 17.8. The Hall–Kier alpha value is -3.62. The molecule has 0 fully saturated rings. The van der Waals surface area contributed by atoms with Gasteiger partial charge in [0.2, 0.25) is 5.75 Å². The van der Waals surface area contributed by atoms with Crippen molar-refractivity contribution in [2.75, 3.05) is 34.0 Å². The largest absolute Gasteiger partial charge is 0.493 e. The Bertz CT molecular complexity index is 928. The number of methoxy groups -OCH3 is 2. The van der Waals surface area contributed by atoms with E-state index in [2.05, 4.69) is 17.8 Å². The van der Waals surface area contributed by atoms with E-state index in [0.717, 1.165) is 12.8 Å². The Kier molecular flexibility index (Phi) is 7.42. The van der Waals surface area contributed by atoms with Crippen LogP contribution in [0, 0.1) is 0 Å². The Balaban J connectivity index is 1.66. The fourth-order valence-corrected chi connectivity index (χ4v) is 2.92. The fraction of sp³-hybridized carbons (Fsp3) is 0.364. The van der Waals surface area contributed by atoms with E-state index in [0.29, 0.717) is 54.1 Å². The van der Waals surface area contributed by atoms with Crippen molar-refractivity contribution >= 4 is 11.8 Å². The molecule has 31 heavy (non-hydrogen) atoms. The van der Waals surface area contributed by atoms with Gasteiger partial charge in [0.15, 0.2) is 23.0 Å². The molecule has 9 nitrogen and oxygen atoms in total. The van der Waals surface area contributed by atoms with Gasteiger partial charge >= 0.3 is 0 Å². The number of fused-ring (bicyclic) bond motifs is 1. The summed E-state index contributed by atoms with van der Waals surface area (Å²) in [7, 11) is 2.97. The van der Waals surface area contributed by atoms with E-state index in [1.807, 2.05) is 0 Å². The summed E-state index contributed by atoms with van der Waals surface area (Å²) in [6.07, 6.45) is 1.93. The van der Waals surface area contributed by atoms with Gasteiger partial charge in [-0.1, -0.05) is 13.3 Å². The predicted octanol–water partition coefficient (Wildman–Crippen LogP) is 2.73. The Morgan fingerprint density at radius 2 is 1.58 bits per heavy atom. The highest BCUT2D eigenvalue weighted by Crippen LogP contribution is 2.40. The smallest absolute Gasteiger partial charge is 0.269 e. The lowest BCUT2D eigenvalue weighted by atomic mass is 10.1. The first kappa shape index (κ1) is 22.1. The zero-order chi connectivity index (χ0) is 22.2. The molecule has 2 aromatic rings. The molecular formula is C22H26N2O7. The number of carbonyl (C=O) groups excluding carboxylic acids is 2. The van der Waals surface area contributed by atoms with Gasteiger partial charge in [0.1, 0.15) is 13.2 Å². The molecule has 0 radical (unpaired) electrons. The van der Waals surface area contributed by atoms with E-state index >= 15 is 0 Å². The number of rotatable bonds is 8. The summed E-state index contributed by atoms with van der Waals surface area (Å²) in [6.45, 7) is 3.41. The molecule has 0 bridgehead atoms. The maximum absolute atomic E-state index is 12.5. The molecule has 0 unspecified atom stereocenters. The standard InChI is InChI=1S/C22H26N2O7/c1-4-5-8-29-16-7-6-14(11-17(16)27-2)21(25)23-24-22(26)15-12-18(28-3)20-19(13-15)30-9-10-31-20/h6-7,11-13H,4-5,8-10H2,1-3H3,(H,23,25)(H,24,26). The van der Waals surface area contributed by atoms with Crippen molar-refractivity contribution in [3.05, 3.63) is 41.5 Å². The summed E-state index contributed by atoms with van der Waals surface area (Å²) in [5.41, 5.74) is 5.33. The number of amides is 2. The maximum Gasteiger partial charge on any atom is 0.269 e. The molecule has 2 aromatic carbocycles. The average molecular weight is 430 g/mol. The van der Waals surface area contributed by atoms with E-state index in [1.165, 1.54) is 26.4 Å². The maximum atomic E-state index is 12.5. The van der Waals surface area contributed by atoms with Crippen LogP contribution < -0.4 is 34.5 Å². The molecule has 1 heterocycles. The van der Waals surface area contributed by atoms with Gasteiger partial charge in [0, 0.05) is 11.1 Å². The van der Waals surface area contributed by atoms with E-state index in [9.17, 15) is 9.59 Å². The summed E-state index contributed by atoms with van der Waals surface area (Å²) >= 11 is 0. The second-order valence-electron chi connectivity index (χ2n) is 6.68. The molecule has 0 spiro atoms. The lowest BCUT2D eigenvalue weighted by Gasteiger charge is -2.21. The van der Waals surface area contributed by atoms with Crippen LogP contribution in [0.5, 0.6) is 28.7 Å². The molecule has 2 amide bonds. The van der Waals surface area contributed by atoms with Crippen LogP contribution in [0.4, 0.5) is 0 Å². The van der Waals surface area contributed by atoms with Crippen molar-refractivity contribution in [1.29, 1.82) is 0 Å². The molecule has 166 valence electrons. The molecular weight excluding hydrogens is 404 g/mol. The summed E-state index contributed by atoms with van der Waals surface area (Å²) in [6, 6.07) is 7.86. The normalized spacial score (nSPS) is 12.0. The van der Waals surface area contributed by atoms with Crippen LogP contribution in [0.2, 0.25) is 0 Å². The lowest BCUT2D eigenvalue weighted by Crippen LogP contribution is -2.41. The van der Waals surface area contributed by atoms with Crippen LogP contribution in [0.25, 0.3) is 0 Å². The summed E-state index contributed by atoms with van der Waals surface area (Å²) in [5.74, 6) is 1.18. The number of unbranched alkanes of at least 4 members (excludes halogenated alkanes) is 1. The highest BCUT2D eigenvalue weighted by Gasteiger charge is 2.21. The molecule has 0 aromatic heterocycles. The molecule has 0 saturated carbocycles. The molecule has 1 aliphatic rings. The van der Waals surface area contributed by atoms with Gasteiger partial charge in [-0.15, -0.1) is 0 Å². The lowest BCUT2D eigenvalue weighted by molar-refractivity contribution is 0.0845. The van der Waals surface area contributed by atoms with Gasteiger partial charge in [-0.25, -0.2) is 0 Å². The summed E-state index contributed by atoms with van der Waals surface area (Å²) in [4.78, 5) is 25.0. The van der Waals surface area contributed by atoms with Gasteiger partial charge in [-0.05, 0) is 36.8 Å². The minimum Gasteiger partial charge on any atom is -0.493 e. The van der Waals surface area contributed by atoms with E-state index in [1.54, 1.807) is 18.2 Å². The number of hydrogen-bond donors (Lipinski definition) is 2. The van der Waals surface area contributed by atoms with Gasteiger partial charge in [0.05, 0.1) is 20.8 Å². The SMILES string of the molecule is CCCCOc1ccc(C(=O)NNC(=O)c2cc(OC)c3c(c2)OCCO3)cc1OC. The first-order valence-electron chi connectivity index (χ1n) is 9.96. The van der Waals surface area contributed by atoms with Crippen LogP contribution in [0.1, 0.15) is 40.5 Å². The van der Waals surface area contributed by atoms with Crippen LogP contribution in [0.15, 0.2) is 30.3 Å². The Morgan fingerprint density at radius 3 is 2.29 bits per heavy atom. The third-order valence-corrected chi connectivity index (χ3v) is 4.56. The third kappa shape index (κ3) is 5.30. The molecule has 3 rings (SSSR count). The second-order valence-corrected chi connectivity index (χ2v) is 6.68. The molecule has 1 aliphatic heterocycles. The second kappa shape index (κ2) is 10.4. The predicted molar refractivity (Wildman–Crippen MR) is 112 cm³/mol. The molecule has 0 aliphatic carbocycles. The Morgan fingerprint density at radius 1 is 0.903 bits per heavy atom. The first-order chi connectivity index (χ1) is 15.1.